The van der Waals surface area contributed by atoms with Crippen LogP contribution >= 0.6 is 0 Å². The van der Waals surface area contributed by atoms with Gasteiger partial charge in [0.15, 0.2) is 5.82 Å². The maximum absolute atomic E-state index is 10.9. The van der Waals surface area contributed by atoms with Crippen molar-refractivity contribution in [2.45, 2.75) is 0 Å². The molecule has 6 heteroatoms. The van der Waals surface area contributed by atoms with Crippen LogP contribution in [0.5, 0.6) is 0 Å². The standard InChI is InChI=1S/C11H8N4O.C5H5N/c12-11(16)9-5-8(6-13-7-9)1-2-10-14-3-4-15-10;1-2-4-6-5-3-1/h3-7H,(H2,12,16)(H,14,15);1-5H. The molecule has 22 heavy (non-hydrogen) atoms. The van der Waals surface area contributed by atoms with Gasteiger partial charge in [-0.3, -0.25) is 14.8 Å². The molecule has 0 fully saturated rings. The molecule has 0 atom stereocenters. The van der Waals surface area contributed by atoms with E-state index in [4.69, 9.17) is 5.73 Å². The van der Waals surface area contributed by atoms with Crippen molar-refractivity contribution in [1.82, 2.24) is 19.9 Å². The normalized spacial score (nSPS) is 8.91. The third kappa shape index (κ3) is 4.90. The first-order valence-electron chi connectivity index (χ1n) is 6.37. The summed E-state index contributed by atoms with van der Waals surface area (Å²) in [4.78, 5) is 25.4. The fraction of sp³-hybridized carbons (Fsp3) is 0. The average molecular weight is 291 g/mol. The third-order valence-corrected chi connectivity index (χ3v) is 2.41. The molecule has 0 aliphatic carbocycles. The van der Waals surface area contributed by atoms with Gasteiger partial charge in [-0.1, -0.05) is 12.0 Å². The second kappa shape index (κ2) is 7.97. The highest BCUT2D eigenvalue weighted by atomic mass is 16.1. The van der Waals surface area contributed by atoms with Crippen molar-refractivity contribution >= 4 is 5.91 Å². The zero-order chi connectivity index (χ0) is 15.6. The molecular formula is C16H13N5O. The van der Waals surface area contributed by atoms with Crippen molar-refractivity contribution in [3.63, 3.8) is 0 Å². The van der Waals surface area contributed by atoms with E-state index in [1.165, 1.54) is 6.20 Å². The van der Waals surface area contributed by atoms with Crippen LogP contribution in [0.2, 0.25) is 0 Å². The molecule has 108 valence electrons. The van der Waals surface area contributed by atoms with Crippen LogP contribution in [-0.2, 0) is 0 Å². The van der Waals surface area contributed by atoms with Gasteiger partial charge in [0.2, 0.25) is 5.91 Å². The van der Waals surface area contributed by atoms with Crippen LogP contribution in [-0.4, -0.2) is 25.8 Å². The van der Waals surface area contributed by atoms with Crippen LogP contribution in [0.3, 0.4) is 0 Å². The Hall–Kier alpha value is -3.46. The lowest BCUT2D eigenvalue weighted by molar-refractivity contribution is 0.1000. The molecule has 3 N–H and O–H groups in total. The van der Waals surface area contributed by atoms with Crippen LogP contribution in [0.25, 0.3) is 0 Å². The van der Waals surface area contributed by atoms with Crippen molar-refractivity contribution < 1.29 is 4.79 Å². The maximum atomic E-state index is 10.9. The van der Waals surface area contributed by atoms with E-state index in [0.29, 0.717) is 17.0 Å². The number of imidazole rings is 1. The van der Waals surface area contributed by atoms with Crippen molar-refractivity contribution in [3.05, 3.63) is 78.4 Å². The number of rotatable bonds is 1. The molecule has 0 saturated carbocycles. The molecule has 0 bridgehead atoms. The highest BCUT2D eigenvalue weighted by molar-refractivity contribution is 5.92. The Balaban J connectivity index is 0.000000246. The lowest BCUT2D eigenvalue weighted by atomic mass is 10.2. The Morgan fingerprint density at radius 1 is 1.05 bits per heavy atom. The van der Waals surface area contributed by atoms with Gasteiger partial charge in [-0.25, -0.2) is 4.98 Å². The van der Waals surface area contributed by atoms with Gasteiger partial charge in [0.25, 0.3) is 0 Å². The Morgan fingerprint density at radius 3 is 2.41 bits per heavy atom. The van der Waals surface area contributed by atoms with E-state index in [1.54, 1.807) is 37.1 Å². The molecule has 0 aliphatic heterocycles. The topological polar surface area (TPSA) is 97.5 Å². The van der Waals surface area contributed by atoms with E-state index in [1.807, 2.05) is 18.2 Å². The van der Waals surface area contributed by atoms with Gasteiger partial charge in [0.1, 0.15) is 0 Å². The molecule has 3 aromatic rings. The number of carbonyl (C=O) groups is 1. The molecule has 0 aromatic carbocycles. The molecule has 0 saturated heterocycles. The molecule has 0 unspecified atom stereocenters. The van der Waals surface area contributed by atoms with Crippen LogP contribution in [0.15, 0.2) is 61.4 Å². The SMILES string of the molecule is NC(=O)c1cncc(C#Cc2ncc[nH]2)c1.c1ccncc1. The molecular weight excluding hydrogens is 278 g/mol. The van der Waals surface area contributed by atoms with Crippen molar-refractivity contribution in [1.29, 1.82) is 0 Å². The minimum Gasteiger partial charge on any atom is -0.366 e. The fourth-order valence-electron chi connectivity index (χ4n) is 1.42. The number of amides is 1. The third-order valence-electron chi connectivity index (χ3n) is 2.41. The Morgan fingerprint density at radius 2 is 1.86 bits per heavy atom. The number of nitrogens with zero attached hydrogens (tertiary/aromatic N) is 3. The number of aromatic amines is 1. The van der Waals surface area contributed by atoms with Crippen molar-refractivity contribution in [3.8, 4) is 11.8 Å². The number of H-pyrrole nitrogens is 1. The molecule has 3 rings (SSSR count). The summed E-state index contributed by atoms with van der Waals surface area (Å²) >= 11 is 0. The second-order valence-corrected chi connectivity index (χ2v) is 4.04. The molecule has 0 radical (unpaired) electrons. The summed E-state index contributed by atoms with van der Waals surface area (Å²) in [5.74, 6) is 5.67. The predicted octanol–water partition coefficient (Wildman–Crippen LogP) is 1.39. The summed E-state index contributed by atoms with van der Waals surface area (Å²) in [7, 11) is 0. The molecule has 0 spiro atoms. The van der Waals surface area contributed by atoms with Gasteiger partial charge in [-0.05, 0) is 24.1 Å². The minimum absolute atomic E-state index is 0.339. The average Bonchev–Trinajstić information content (AvgIpc) is 3.09. The highest BCUT2D eigenvalue weighted by Crippen LogP contribution is 2.00. The summed E-state index contributed by atoms with van der Waals surface area (Å²) in [6.45, 7) is 0. The first kappa shape index (κ1) is 14.9. The van der Waals surface area contributed by atoms with Gasteiger partial charge in [0.05, 0.1) is 5.56 Å². The zero-order valence-electron chi connectivity index (χ0n) is 11.6. The summed E-state index contributed by atoms with van der Waals surface area (Å²) in [5, 5.41) is 0. The summed E-state index contributed by atoms with van der Waals surface area (Å²) < 4.78 is 0. The first-order valence-corrected chi connectivity index (χ1v) is 6.37. The van der Waals surface area contributed by atoms with Crippen molar-refractivity contribution in [2.75, 3.05) is 0 Å². The minimum atomic E-state index is -0.519. The van der Waals surface area contributed by atoms with Crippen LogP contribution in [0, 0.1) is 11.8 Å². The highest BCUT2D eigenvalue weighted by Gasteiger charge is 2.00. The monoisotopic (exact) mass is 291 g/mol. The van der Waals surface area contributed by atoms with Crippen LogP contribution < -0.4 is 5.73 Å². The van der Waals surface area contributed by atoms with Gasteiger partial charge in [-0.15, -0.1) is 0 Å². The van der Waals surface area contributed by atoms with Crippen LogP contribution in [0.1, 0.15) is 21.7 Å². The number of nitrogens with two attached hydrogens (primary N) is 1. The maximum Gasteiger partial charge on any atom is 0.250 e. The predicted molar refractivity (Wildman–Crippen MR) is 81.6 cm³/mol. The number of primary amides is 1. The lowest BCUT2D eigenvalue weighted by Crippen LogP contribution is -2.11. The quantitative estimate of drug-likeness (QED) is 0.662. The first-order chi connectivity index (χ1) is 10.8. The van der Waals surface area contributed by atoms with E-state index in [2.05, 4.69) is 31.8 Å². The van der Waals surface area contributed by atoms with E-state index in [9.17, 15) is 4.79 Å². The second-order valence-electron chi connectivity index (χ2n) is 4.04. The number of pyridine rings is 2. The largest absolute Gasteiger partial charge is 0.366 e. The Kier molecular flexibility index (Phi) is 5.41. The molecule has 6 nitrogen and oxygen atoms in total. The van der Waals surface area contributed by atoms with Gasteiger partial charge < -0.3 is 10.7 Å². The molecule has 3 aromatic heterocycles. The fourth-order valence-corrected chi connectivity index (χ4v) is 1.42. The van der Waals surface area contributed by atoms with Gasteiger partial charge in [-0.2, -0.15) is 0 Å². The lowest BCUT2D eigenvalue weighted by Gasteiger charge is -1.94. The summed E-state index contributed by atoms with van der Waals surface area (Å²) in [6, 6.07) is 7.30. The summed E-state index contributed by atoms with van der Waals surface area (Å²) in [6.07, 6.45) is 9.76. The number of carbonyl (C=O) groups excluding carboxylic acids is 1. The van der Waals surface area contributed by atoms with E-state index in [-0.39, 0.29) is 0 Å². The van der Waals surface area contributed by atoms with Crippen molar-refractivity contribution in [2.24, 2.45) is 5.73 Å². The van der Waals surface area contributed by atoms with Gasteiger partial charge >= 0.3 is 0 Å². The number of hydrogen-bond donors (Lipinski definition) is 2. The Bertz CT molecular complexity index is 746. The van der Waals surface area contributed by atoms with E-state index in [0.717, 1.165) is 0 Å². The van der Waals surface area contributed by atoms with Crippen LogP contribution in [0.4, 0.5) is 0 Å². The number of aromatic nitrogens is 4. The number of nitrogens with one attached hydrogen (secondary N) is 1. The van der Waals surface area contributed by atoms with E-state index < -0.39 is 5.91 Å². The Labute approximate surface area is 127 Å². The van der Waals surface area contributed by atoms with Gasteiger partial charge in [0, 0.05) is 42.7 Å². The molecule has 1 amide bonds. The molecule has 3 heterocycles. The zero-order valence-corrected chi connectivity index (χ0v) is 11.6. The number of hydrogen-bond acceptors (Lipinski definition) is 4. The smallest absolute Gasteiger partial charge is 0.250 e. The summed E-state index contributed by atoms with van der Waals surface area (Å²) in [5.41, 5.74) is 6.09. The molecule has 0 aliphatic rings. The van der Waals surface area contributed by atoms with E-state index >= 15 is 0 Å².